The van der Waals surface area contributed by atoms with Gasteiger partial charge in [0, 0.05) is 19.5 Å². The summed E-state index contributed by atoms with van der Waals surface area (Å²) < 4.78 is 5.71. The van der Waals surface area contributed by atoms with E-state index in [2.05, 4.69) is 30.5 Å². The van der Waals surface area contributed by atoms with Crippen LogP contribution in [0.4, 0.5) is 0 Å². The van der Waals surface area contributed by atoms with Gasteiger partial charge in [0.15, 0.2) is 0 Å². The number of ether oxygens (including phenoxy) is 1. The highest BCUT2D eigenvalue weighted by molar-refractivity contribution is 7.80. The van der Waals surface area contributed by atoms with Crippen molar-refractivity contribution in [3.63, 3.8) is 0 Å². The van der Waals surface area contributed by atoms with Gasteiger partial charge in [-0.1, -0.05) is 57.4 Å². The van der Waals surface area contributed by atoms with Gasteiger partial charge >= 0.3 is 0 Å². The molecule has 2 aromatic rings. The predicted octanol–water partition coefficient (Wildman–Crippen LogP) is 5.09. The summed E-state index contributed by atoms with van der Waals surface area (Å²) in [7, 11) is 0. The molecule has 0 fully saturated rings. The van der Waals surface area contributed by atoms with Crippen LogP contribution < -0.4 is 15.4 Å². The molecule has 0 aliphatic rings. The Morgan fingerprint density at radius 3 is 2.67 bits per heavy atom. The monoisotopic (exact) mass is 386 g/mol. The number of rotatable bonds is 10. The summed E-state index contributed by atoms with van der Waals surface area (Å²) in [6.45, 7) is 5.56. The number of fused-ring (bicyclic) bond motifs is 1. The van der Waals surface area contributed by atoms with E-state index in [9.17, 15) is 4.79 Å². The van der Waals surface area contributed by atoms with Crippen LogP contribution >= 0.6 is 12.2 Å². The third-order valence-corrected chi connectivity index (χ3v) is 4.63. The second kappa shape index (κ2) is 11.5. The van der Waals surface area contributed by atoms with Gasteiger partial charge in [-0.3, -0.25) is 4.79 Å². The highest BCUT2D eigenvalue weighted by atomic mass is 32.1. The van der Waals surface area contributed by atoms with Crippen molar-refractivity contribution in [1.29, 1.82) is 0 Å². The van der Waals surface area contributed by atoms with Crippen LogP contribution in [0, 0.1) is 0 Å². The fourth-order valence-electron chi connectivity index (χ4n) is 2.90. The lowest BCUT2D eigenvalue weighted by Crippen LogP contribution is -2.27. The van der Waals surface area contributed by atoms with Crippen LogP contribution in [0.1, 0.15) is 57.9 Å². The average Bonchev–Trinajstić information content (AvgIpc) is 2.68. The number of unbranched alkanes of at least 4 members (excludes halogenated alkanes) is 3. The molecule has 0 aliphatic carbocycles. The van der Waals surface area contributed by atoms with Gasteiger partial charge in [-0.05, 0) is 53.5 Å². The first-order chi connectivity index (χ1) is 13.1. The van der Waals surface area contributed by atoms with Crippen LogP contribution in [0.3, 0.4) is 0 Å². The highest BCUT2D eigenvalue weighted by Crippen LogP contribution is 2.24. The van der Waals surface area contributed by atoms with Crippen molar-refractivity contribution in [2.24, 2.45) is 0 Å². The third-order valence-electron chi connectivity index (χ3n) is 4.41. The lowest BCUT2D eigenvalue weighted by Gasteiger charge is -2.12. The second-order valence-electron chi connectivity index (χ2n) is 6.70. The summed E-state index contributed by atoms with van der Waals surface area (Å²) >= 11 is 5.21. The van der Waals surface area contributed by atoms with E-state index in [1.165, 1.54) is 12.8 Å². The van der Waals surface area contributed by atoms with Crippen LogP contribution in [0.5, 0.6) is 5.75 Å². The highest BCUT2D eigenvalue weighted by Gasteiger charge is 2.07. The van der Waals surface area contributed by atoms with Crippen LogP contribution in [-0.4, -0.2) is 17.6 Å². The van der Waals surface area contributed by atoms with E-state index in [1.807, 2.05) is 30.3 Å². The maximum absolute atomic E-state index is 12.1. The van der Waals surface area contributed by atoms with Crippen LogP contribution in [-0.2, 0) is 11.3 Å². The molecular formula is C22H30N2O2S. The van der Waals surface area contributed by atoms with Gasteiger partial charge in [0.1, 0.15) is 5.75 Å². The first-order valence-electron chi connectivity index (χ1n) is 9.88. The maximum Gasteiger partial charge on any atom is 0.262 e. The van der Waals surface area contributed by atoms with E-state index in [-0.39, 0.29) is 5.91 Å². The molecule has 27 heavy (non-hydrogen) atoms. The largest absolute Gasteiger partial charge is 0.432 e. The van der Waals surface area contributed by atoms with Crippen molar-refractivity contribution in [2.45, 2.75) is 58.9 Å². The molecule has 0 spiro atoms. The summed E-state index contributed by atoms with van der Waals surface area (Å²) in [5.74, 6) is 0.815. The maximum atomic E-state index is 12.1. The molecule has 0 aromatic heterocycles. The number of carbonyl (C=O) groups is 1. The molecule has 146 valence electrons. The Labute approximate surface area is 167 Å². The number of nitrogens with one attached hydrogen (secondary N) is 2. The molecule has 0 bridgehead atoms. The third kappa shape index (κ3) is 7.18. The van der Waals surface area contributed by atoms with E-state index < -0.39 is 0 Å². The Bertz CT molecular complexity index is 761. The van der Waals surface area contributed by atoms with E-state index in [0.29, 0.717) is 23.9 Å². The van der Waals surface area contributed by atoms with Crippen LogP contribution in [0.2, 0.25) is 0 Å². The molecule has 2 aromatic carbocycles. The van der Waals surface area contributed by atoms with Crippen molar-refractivity contribution in [3.05, 3.63) is 42.0 Å². The predicted molar refractivity (Wildman–Crippen MR) is 116 cm³/mol. The first kappa shape index (κ1) is 21.2. The summed E-state index contributed by atoms with van der Waals surface area (Å²) in [6, 6.07) is 12.0. The number of amides is 1. The molecule has 0 aliphatic heterocycles. The number of hydrogen-bond donors (Lipinski definition) is 2. The Morgan fingerprint density at radius 2 is 1.89 bits per heavy atom. The molecule has 0 radical (unpaired) electrons. The van der Waals surface area contributed by atoms with Gasteiger partial charge in [0.25, 0.3) is 5.17 Å². The van der Waals surface area contributed by atoms with Gasteiger partial charge in [-0.15, -0.1) is 0 Å². The van der Waals surface area contributed by atoms with Crippen molar-refractivity contribution >= 4 is 34.1 Å². The second-order valence-corrected chi connectivity index (χ2v) is 7.07. The fourth-order valence-corrected chi connectivity index (χ4v) is 3.10. The van der Waals surface area contributed by atoms with Gasteiger partial charge in [-0.25, -0.2) is 0 Å². The lowest BCUT2D eigenvalue weighted by atomic mass is 10.0. The molecule has 0 saturated heterocycles. The van der Waals surface area contributed by atoms with Gasteiger partial charge in [-0.2, -0.15) is 0 Å². The lowest BCUT2D eigenvalue weighted by molar-refractivity contribution is -0.121. The Kier molecular flexibility index (Phi) is 9.05. The molecule has 5 heteroatoms. The van der Waals surface area contributed by atoms with E-state index in [1.54, 1.807) is 0 Å². The summed E-state index contributed by atoms with van der Waals surface area (Å²) in [4.78, 5) is 12.1. The zero-order valence-corrected chi connectivity index (χ0v) is 17.2. The van der Waals surface area contributed by atoms with Gasteiger partial charge in [0.2, 0.25) is 5.91 Å². The molecule has 2 rings (SSSR count). The van der Waals surface area contributed by atoms with Gasteiger partial charge < -0.3 is 15.4 Å². The molecule has 1 amide bonds. The van der Waals surface area contributed by atoms with E-state index in [4.69, 9.17) is 17.0 Å². The first-order valence-corrected chi connectivity index (χ1v) is 10.3. The molecular weight excluding hydrogens is 356 g/mol. The number of hydrogen-bond acceptors (Lipinski definition) is 3. The summed E-state index contributed by atoms with van der Waals surface area (Å²) in [5.41, 5.74) is 1.08. The minimum atomic E-state index is 0.112. The van der Waals surface area contributed by atoms with Crippen molar-refractivity contribution in [1.82, 2.24) is 10.6 Å². The van der Waals surface area contributed by atoms with Crippen molar-refractivity contribution in [2.75, 3.05) is 6.54 Å². The number of carbonyl (C=O) groups excluding carboxylic acids is 1. The molecule has 4 nitrogen and oxygen atoms in total. The van der Waals surface area contributed by atoms with Crippen LogP contribution in [0.25, 0.3) is 10.8 Å². The zero-order chi connectivity index (χ0) is 19.5. The molecule has 0 atom stereocenters. The summed E-state index contributed by atoms with van der Waals surface area (Å²) in [6.07, 6.45) is 6.02. The molecule has 2 N–H and O–H groups in total. The summed E-state index contributed by atoms with van der Waals surface area (Å²) in [5, 5.41) is 8.67. The minimum Gasteiger partial charge on any atom is -0.432 e. The van der Waals surface area contributed by atoms with Gasteiger partial charge in [0.05, 0.1) is 0 Å². The van der Waals surface area contributed by atoms with Crippen LogP contribution in [0.15, 0.2) is 36.4 Å². The normalized spacial score (nSPS) is 10.6. The minimum absolute atomic E-state index is 0.112. The Balaban J connectivity index is 2.00. The average molecular weight is 387 g/mol. The Morgan fingerprint density at radius 1 is 1.04 bits per heavy atom. The standard InChI is InChI=1S/C22H30N2O2S/c1-3-5-6-7-11-21(25)24-16-18-10-8-9-17-12-13-19(15-20(17)18)26-22(27)23-14-4-2/h8-10,12-13,15H,3-7,11,14,16H2,1-2H3,(H,23,27)(H,24,25). The van der Waals surface area contributed by atoms with Crippen molar-refractivity contribution in [3.8, 4) is 5.75 Å². The van der Waals surface area contributed by atoms with E-state index in [0.717, 1.165) is 42.1 Å². The Hall–Kier alpha value is -2.14. The molecule has 0 unspecified atom stereocenters. The zero-order valence-electron chi connectivity index (χ0n) is 16.3. The van der Waals surface area contributed by atoms with E-state index >= 15 is 0 Å². The quantitative estimate of drug-likeness (QED) is 0.441. The topological polar surface area (TPSA) is 50.4 Å². The smallest absolute Gasteiger partial charge is 0.262 e. The number of benzene rings is 2. The molecule has 0 saturated carbocycles. The fraction of sp³-hybridized carbons (Fsp3) is 0.455. The number of thiocarbonyl (C=S) groups is 1. The van der Waals surface area contributed by atoms with Crippen molar-refractivity contribution < 1.29 is 9.53 Å². The molecule has 0 heterocycles. The SMILES string of the molecule is CCCCCCC(=O)NCc1cccc2ccc(OC(=S)NCCC)cc12.